The molecule has 1 N–H and O–H groups in total. The van der Waals surface area contributed by atoms with Gasteiger partial charge in [0.05, 0.1) is 6.20 Å². The minimum Gasteiger partial charge on any atom is -0.356 e. The highest BCUT2D eigenvalue weighted by Gasteiger charge is 1.98. The second-order valence-corrected chi connectivity index (χ2v) is 2.70. The van der Waals surface area contributed by atoms with E-state index in [-0.39, 0.29) is 0 Å². The van der Waals surface area contributed by atoms with E-state index in [4.69, 9.17) is 4.52 Å². The molecule has 0 aliphatic carbocycles. The first-order valence-corrected chi connectivity index (χ1v) is 3.90. The van der Waals surface area contributed by atoms with Crippen LogP contribution in [-0.4, -0.2) is 11.6 Å². The van der Waals surface area contributed by atoms with E-state index in [2.05, 4.69) is 10.5 Å². The molecule has 1 aromatic carbocycles. The van der Waals surface area contributed by atoms with Crippen molar-refractivity contribution in [2.24, 2.45) is 0 Å². The number of hydrogen-bond acceptors (Lipinski definition) is 3. The van der Waals surface area contributed by atoms with Gasteiger partial charge in [0.25, 0.3) is 0 Å². The van der Waals surface area contributed by atoms with Crippen molar-refractivity contribution in [2.75, 3.05) is 0 Å². The van der Waals surface area contributed by atoms with Crippen LogP contribution in [0.5, 0.6) is 0 Å². The maximum atomic E-state index is 10.0. The molecule has 1 heterocycles. The van der Waals surface area contributed by atoms with Crippen molar-refractivity contribution in [3.05, 3.63) is 30.0 Å². The van der Waals surface area contributed by atoms with Gasteiger partial charge < -0.3 is 9.84 Å². The zero-order valence-corrected chi connectivity index (χ0v) is 6.86. The number of nitrogens with zero attached hydrogens (tertiary/aromatic N) is 1. The summed E-state index contributed by atoms with van der Waals surface area (Å²) in [5, 5.41) is 7.20. The number of aromatic nitrogens is 1. The molecule has 66 valence electrons. The zero-order valence-electron chi connectivity index (χ0n) is 6.86. The third-order valence-corrected chi connectivity index (χ3v) is 1.81. The van der Waals surface area contributed by atoms with E-state index in [9.17, 15) is 4.79 Å². The predicted octanol–water partition coefficient (Wildman–Crippen LogP) is 1.07. The minimum atomic E-state index is 0.532. The Morgan fingerprint density at radius 3 is 3.31 bits per heavy atom. The standard InChI is InChI=1S/C9H8N2O2/c12-6-10-4-7-1-2-9-8(3-7)5-11-13-9/h1-3,5-6H,4H2,(H,10,12). The molecule has 0 saturated carbocycles. The van der Waals surface area contributed by atoms with Crippen molar-refractivity contribution in [1.29, 1.82) is 0 Å². The number of fused-ring (bicyclic) bond motifs is 1. The Kier molecular flexibility index (Phi) is 1.96. The fraction of sp³-hybridized carbons (Fsp3) is 0.111. The van der Waals surface area contributed by atoms with Gasteiger partial charge >= 0.3 is 0 Å². The van der Waals surface area contributed by atoms with E-state index >= 15 is 0 Å². The van der Waals surface area contributed by atoms with Crippen molar-refractivity contribution in [3.8, 4) is 0 Å². The Bertz CT molecular complexity index is 422. The summed E-state index contributed by atoms with van der Waals surface area (Å²) < 4.78 is 4.94. The third-order valence-electron chi connectivity index (χ3n) is 1.81. The van der Waals surface area contributed by atoms with Crippen LogP contribution in [0, 0.1) is 0 Å². The monoisotopic (exact) mass is 176 g/mol. The van der Waals surface area contributed by atoms with Gasteiger partial charge in [-0.05, 0) is 17.7 Å². The van der Waals surface area contributed by atoms with Crippen molar-refractivity contribution in [2.45, 2.75) is 6.54 Å². The molecule has 4 heteroatoms. The van der Waals surface area contributed by atoms with Crippen LogP contribution in [0.25, 0.3) is 11.0 Å². The van der Waals surface area contributed by atoms with Crippen LogP contribution in [0.4, 0.5) is 0 Å². The van der Waals surface area contributed by atoms with Crippen LogP contribution in [0.3, 0.4) is 0 Å². The summed E-state index contributed by atoms with van der Waals surface area (Å²) in [5.74, 6) is 0. The molecule has 0 fully saturated rings. The first kappa shape index (κ1) is 7.79. The second kappa shape index (κ2) is 3.26. The van der Waals surface area contributed by atoms with Gasteiger partial charge in [-0.25, -0.2) is 0 Å². The maximum absolute atomic E-state index is 10.0. The maximum Gasteiger partial charge on any atom is 0.207 e. The normalized spacial score (nSPS) is 10.2. The van der Waals surface area contributed by atoms with Crippen molar-refractivity contribution >= 4 is 17.4 Å². The van der Waals surface area contributed by atoms with Crippen molar-refractivity contribution < 1.29 is 9.32 Å². The summed E-state index contributed by atoms with van der Waals surface area (Å²) in [5.41, 5.74) is 1.79. The Balaban J connectivity index is 2.31. The van der Waals surface area contributed by atoms with Gasteiger partial charge in [-0.15, -0.1) is 0 Å². The lowest BCUT2D eigenvalue weighted by Crippen LogP contribution is -2.09. The van der Waals surface area contributed by atoms with Crippen molar-refractivity contribution in [1.82, 2.24) is 10.5 Å². The van der Waals surface area contributed by atoms with Gasteiger partial charge in [-0.3, -0.25) is 4.79 Å². The van der Waals surface area contributed by atoms with E-state index in [0.29, 0.717) is 13.0 Å². The molecule has 0 bridgehead atoms. The van der Waals surface area contributed by atoms with E-state index < -0.39 is 0 Å². The van der Waals surface area contributed by atoms with E-state index in [0.717, 1.165) is 16.5 Å². The molecule has 0 aliphatic heterocycles. The highest BCUT2D eigenvalue weighted by Crippen LogP contribution is 2.14. The first-order valence-electron chi connectivity index (χ1n) is 3.90. The lowest BCUT2D eigenvalue weighted by molar-refractivity contribution is -0.109. The van der Waals surface area contributed by atoms with Crippen LogP contribution >= 0.6 is 0 Å². The third kappa shape index (κ3) is 1.51. The molecule has 0 spiro atoms. The summed E-state index contributed by atoms with van der Waals surface area (Å²) in [6, 6.07) is 5.66. The largest absolute Gasteiger partial charge is 0.356 e. The lowest BCUT2D eigenvalue weighted by Gasteiger charge is -1.97. The Morgan fingerprint density at radius 2 is 2.46 bits per heavy atom. The SMILES string of the molecule is O=CNCc1ccc2oncc2c1. The zero-order chi connectivity index (χ0) is 9.10. The molecule has 13 heavy (non-hydrogen) atoms. The average Bonchev–Trinajstić information content (AvgIpc) is 2.61. The Labute approximate surface area is 74.5 Å². The van der Waals surface area contributed by atoms with Gasteiger partial charge in [0.15, 0.2) is 5.58 Å². The summed E-state index contributed by atoms with van der Waals surface area (Å²) in [7, 11) is 0. The summed E-state index contributed by atoms with van der Waals surface area (Å²) in [4.78, 5) is 10.0. The number of hydrogen-bond donors (Lipinski definition) is 1. The molecule has 2 rings (SSSR count). The molecular weight excluding hydrogens is 168 g/mol. The highest BCUT2D eigenvalue weighted by atomic mass is 16.5. The molecule has 0 radical (unpaired) electrons. The number of carbonyl (C=O) groups excluding carboxylic acids is 1. The van der Waals surface area contributed by atoms with Gasteiger partial charge in [-0.2, -0.15) is 0 Å². The predicted molar refractivity (Wildman–Crippen MR) is 46.9 cm³/mol. The van der Waals surface area contributed by atoms with Crippen LogP contribution < -0.4 is 5.32 Å². The molecule has 1 amide bonds. The summed E-state index contributed by atoms with van der Waals surface area (Å²) >= 11 is 0. The summed E-state index contributed by atoms with van der Waals surface area (Å²) in [6.45, 7) is 0.532. The average molecular weight is 176 g/mol. The van der Waals surface area contributed by atoms with Crippen LogP contribution in [0.15, 0.2) is 28.9 Å². The number of rotatable bonds is 3. The lowest BCUT2D eigenvalue weighted by atomic mass is 10.2. The molecule has 2 aromatic rings. The van der Waals surface area contributed by atoms with Gasteiger partial charge in [0.2, 0.25) is 6.41 Å². The molecule has 4 nitrogen and oxygen atoms in total. The Morgan fingerprint density at radius 1 is 1.54 bits per heavy atom. The minimum absolute atomic E-state index is 0.532. The number of benzene rings is 1. The number of amides is 1. The Hall–Kier alpha value is -1.84. The number of nitrogens with one attached hydrogen (secondary N) is 1. The second-order valence-electron chi connectivity index (χ2n) is 2.70. The molecule has 1 aromatic heterocycles. The molecule has 0 atom stereocenters. The van der Waals surface area contributed by atoms with E-state index in [1.807, 2.05) is 18.2 Å². The smallest absolute Gasteiger partial charge is 0.207 e. The molecule has 0 saturated heterocycles. The van der Waals surface area contributed by atoms with E-state index in [1.54, 1.807) is 6.20 Å². The van der Waals surface area contributed by atoms with Crippen LogP contribution in [0.2, 0.25) is 0 Å². The summed E-state index contributed by atoms with van der Waals surface area (Å²) in [6.07, 6.45) is 2.33. The number of carbonyl (C=O) groups is 1. The fourth-order valence-corrected chi connectivity index (χ4v) is 1.19. The molecule has 0 unspecified atom stereocenters. The van der Waals surface area contributed by atoms with Crippen LogP contribution in [0.1, 0.15) is 5.56 Å². The van der Waals surface area contributed by atoms with Crippen LogP contribution in [-0.2, 0) is 11.3 Å². The van der Waals surface area contributed by atoms with E-state index in [1.165, 1.54) is 0 Å². The highest BCUT2D eigenvalue weighted by molar-refractivity contribution is 5.76. The fourth-order valence-electron chi connectivity index (χ4n) is 1.19. The topological polar surface area (TPSA) is 55.1 Å². The van der Waals surface area contributed by atoms with Gasteiger partial charge in [0.1, 0.15) is 0 Å². The quantitative estimate of drug-likeness (QED) is 0.712. The van der Waals surface area contributed by atoms with Gasteiger partial charge in [0, 0.05) is 11.9 Å². The molecular formula is C9H8N2O2. The van der Waals surface area contributed by atoms with Crippen molar-refractivity contribution in [3.63, 3.8) is 0 Å². The molecule has 0 aliphatic rings. The van der Waals surface area contributed by atoms with Gasteiger partial charge in [-0.1, -0.05) is 11.2 Å². The first-order chi connectivity index (χ1) is 6.40.